The second-order valence-corrected chi connectivity index (χ2v) is 6.00. The third-order valence-corrected chi connectivity index (χ3v) is 4.66. The van der Waals surface area contributed by atoms with Crippen LogP contribution in [0.4, 0.5) is 5.13 Å². The Balaban J connectivity index is 2.84. The number of thiazole rings is 1. The van der Waals surface area contributed by atoms with E-state index in [9.17, 15) is 0 Å². The Morgan fingerprint density at radius 2 is 2.00 bits per heavy atom. The first-order valence-electron chi connectivity index (χ1n) is 7.63. The van der Waals surface area contributed by atoms with Crippen molar-refractivity contribution in [3.63, 3.8) is 0 Å². The van der Waals surface area contributed by atoms with Crippen molar-refractivity contribution in [3.05, 3.63) is 10.6 Å². The van der Waals surface area contributed by atoms with Crippen molar-refractivity contribution in [2.45, 2.75) is 66.5 Å². The molecule has 0 bridgehead atoms. The predicted molar refractivity (Wildman–Crippen MR) is 86.3 cm³/mol. The molecule has 0 spiro atoms. The van der Waals surface area contributed by atoms with Crippen LogP contribution in [0.2, 0.25) is 0 Å². The van der Waals surface area contributed by atoms with Gasteiger partial charge in [-0.15, -0.1) is 11.3 Å². The Morgan fingerprint density at radius 1 is 1.26 bits per heavy atom. The van der Waals surface area contributed by atoms with E-state index in [1.165, 1.54) is 22.1 Å². The van der Waals surface area contributed by atoms with E-state index in [1.54, 1.807) is 0 Å². The Morgan fingerprint density at radius 3 is 2.53 bits per heavy atom. The molecular formula is C15H29N3S. The maximum absolute atomic E-state index is 4.85. The molecule has 1 rings (SSSR count). The van der Waals surface area contributed by atoms with Gasteiger partial charge in [-0.2, -0.15) is 0 Å². The zero-order valence-corrected chi connectivity index (χ0v) is 13.9. The highest BCUT2D eigenvalue weighted by molar-refractivity contribution is 7.15. The maximum atomic E-state index is 4.85. The molecule has 0 saturated carbocycles. The molecule has 1 unspecified atom stereocenters. The van der Waals surface area contributed by atoms with E-state index in [4.69, 9.17) is 4.98 Å². The highest BCUT2D eigenvalue weighted by Crippen LogP contribution is 2.28. The van der Waals surface area contributed by atoms with Crippen LogP contribution in [0.3, 0.4) is 0 Å². The Labute approximate surface area is 122 Å². The topological polar surface area (TPSA) is 28.2 Å². The largest absolute Gasteiger partial charge is 0.346 e. The smallest absolute Gasteiger partial charge is 0.186 e. The number of aromatic nitrogens is 1. The average molecular weight is 283 g/mol. The Hall–Kier alpha value is -0.610. The fraction of sp³-hybridized carbons (Fsp3) is 0.800. The van der Waals surface area contributed by atoms with Gasteiger partial charge in [0, 0.05) is 24.0 Å². The molecule has 1 aromatic rings. The molecule has 0 aromatic carbocycles. The lowest BCUT2D eigenvalue weighted by Gasteiger charge is -2.26. The quantitative estimate of drug-likeness (QED) is 0.698. The van der Waals surface area contributed by atoms with Crippen LogP contribution in [0.1, 0.15) is 58.0 Å². The molecule has 1 aromatic heterocycles. The van der Waals surface area contributed by atoms with Gasteiger partial charge in [-0.1, -0.05) is 20.8 Å². The number of nitrogens with zero attached hydrogens (tertiary/aromatic N) is 2. The Kier molecular flexibility index (Phi) is 7.39. The second kappa shape index (κ2) is 8.54. The maximum Gasteiger partial charge on any atom is 0.186 e. The van der Waals surface area contributed by atoms with Crippen molar-refractivity contribution in [1.29, 1.82) is 0 Å². The van der Waals surface area contributed by atoms with Crippen molar-refractivity contribution in [2.75, 3.05) is 18.0 Å². The van der Waals surface area contributed by atoms with Gasteiger partial charge in [-0.05, 0) is 39.7 Å². The summed E-state index contributed by atoms with van der Waals surface area (Å²) in [7, 11) is 0. The van der Waals surface area contributed by atoms with Gasteiger partial charge >= 0.3 is 0 Å². The molecule has 3 nitrogen and oxygen atoms in total. The van der Waals surface area contributed by atoms with Crippen LogP contribution >= 0.6 is 11.3 Å². The number of nitrogens with one attached hydrogen (secondary N) is 1. The zero-order valence-electron chi connectivity index (χ0n) is 13.1. The van der Waals surface area contributed by atoms with Crippen LogP contribution in [0, 0.1) is 0 Å². The van der Waals surface area contributed by atoms with Gasteiger partial charge in [0.1, 0.15) is 0 Å². The van der Waals surface area contributed by atoms with Crippen LogP contribution in [0.15, 0.2) is 0 Å². The van der Waals surface area contributed by atoms with Gasteiger partial charge in [-0.25, -0.2) is 4.98 Å². The van der Waals surface area contributed by atoms with Gasteiger partial charge in [0.2, 0.25) is 0 Å². The molecule has 0 aliphatic rings. The molecule has 0 amide bonds. The fourth-order valence-corrected chi connectivity index (χ4v) is 3.43. The second-order valence-electron chi connectivity index (χ2n) is 4.94. The van der Waals surface area contributed by atoms with E-state index < -0.39 is 0 Å². The van der Waals surface area contributed by atoms with Crippen LogP contribution in [-0.4, -0.2) is 24.1 Å². The highest BCUT2D eigenvalue weighted by atomic mass is 32.1. The molecule has 1 atom stereocenters. The van der Waals surface area contributed by atoms with Gasteiger partial charge in [0.05, 0.1) is 5.69 Å². The number of hydrogen-bond acceptors (Lipinski definition) is 4. The standard InChI is InChI=1S/C15H29N3S/c1-6-10-16-11-14-13(8-3)17-15(19-14)18(9-4)12(5)7-2/h12,16H,6-11H2,1-5H3. The van der Waals surface area contributed by atoms with Gasteiger partial charge in [0.25, 0.3) is 0 Å². The highest BCUT2D eigenvalue weighted by Gasteiger charge is 2.17. The lowest BCUT2D eigenvalue weighted by Crippen LogP contribution is -2.32. The Bertz CT molecular complexity index is 362. The van der Waals surface area contributed by atoms with E-state index in [2.05, 4.69) is 44.8 Å². The van der Waals surface area contributed by atoms with E-state index in [0.717, 1.165) is 32.5 Å². The summed E-state index contributed by atoms with van der Waals surface area (Å²) in [6.45, 7) is 14.2. The average Bonchev–Trinajstić information content (AvgIpc) is 2.82. The minimum absolute atomic E-state index is 0.567. The fourth-order valence-electron chi connectivity index (χ4n) is 2.14. The minimum Gasteiger partial charge on any atom is -0.346 e. The molecular weight excluding hydrogens is 254 g/mol. The summed E-state index contributed by atoms with van der Waals surface area (Å²) in [6.07, 6.45) is 3.37. The molecule has 110 valence electrons. The van der Waals surface area contributed by atoms with Crippen molar-refractivity contribution < 1.29 is 0 Å². The first-order valence-corrected chi connectivity index (χ1v) is 8.45. The van der Waals surface area contributed by atoms with Crippen LogP contribution in [0.5, 0.6) is 0 Å². The molecule has 0 aliphatic heterocycles. The number of anilines is 1. The zero-order chi connectivity index (χ0) is 14.3. The van der Waals surface area contributed by atoms with Crippen molar-refractivity contribution in [2.24, 2.45) is 0 Å². The SMILES string of the molecule is CCCNCc1sc(N(CC)C(C)CC)nc1CC. The predicted octanol–water partition coefficient (Wildman–Crippen LogP) is 3.83. The normalized spacial score (nSPS) is 12.7. The van der Waals surface area contributed by atoms with E-state index in [-0.39, 0.29) is 0 Å². The molecule has 1 N–H and O–H groups in total. The number of hydrogen-bond donors (Lipinski definition) is 1. The molecule has 19 heavy (non-hydrogen) atoms. The molecule has 0 saturated heterocycles. The third-order valence-electron chi connectivity index (χ3n) is 3.52. The summed E-state index contributed by atoms with van der Waals surface area (Å²) in [5.74, 6) is 0. The van der Waals surface area contributed by atoms with Gasteiger partial charge in [0.15, 0.2) is 5.13 Å². The minimum atomic E-state index is 0.567. The van der Waals surface area contributed by atoms with Crippen molar-refractivity contribution >= 4 is 16.5 Å². The van der Waals surface area contributed by atoms with Crippen molar-refractivity contribution in [3.8, 4) is 0 Å². The third kappa shape index (κ3) is 4.46. The molecule has 0 fully saturated rings. The lowest BCUT2D eigenvalue weighted by atomic mass is 10.2. The molecule has 4 heteroatoms. The summed E-state index contributed by atoms with van der Waals surface area (Å²) in [6, 6.07) is 0.567. The summed E-state index contributed by atoms with van der Waals surface area (Å²) in [4.78, 5) is 8.69. The van der Waals surface area contributed by atoms with Crippen LogP contribution in [0.25, 0.3) is 0 Å². The van der Waals surface area contributed by atoms with Crippen LogP contribution in [-0.2, 0) is 13.0 Å². The van der Waals surface area contributed by atoms with E-state index in [0.29, 0.717) is 6.04 Å². The van der Waals surface area contributed by atoms with Crippen molar-refractivity contribution in [1.82, 2.24) is 10.3 Å². The number of aryl methyl sites for hydroxylation is 1. The first kappa shape index (κ1) is 16.4. The van der Waals surface area contributed by atoms with Crippen LogP contribution < -0.4 is 10.2 Å². The molecule has 0 aliphatic carbocycles. The monoisotopic (exact) mass is 283 g/mol. The lowest BCUT2D eigenvalue weighted by molar-refractivity contribution is 0.627. The van der Waals surface area contributed by atoms with E-state index >= 15 is 0 Å². The van der Waals surface area contributed by atoms with Gasteiger partial charge < -0.3 is 10.2 Å². The number of rotatable bonds is 9. The molecule has 1 heterocycles. The first-order chi connectivity index (χ1) is 9.17. The summed E-state index contributed by atoms with van der Waals surface area (Å²) < 4.78 is 0. The summed E-state index contributed by atoms with van der Waals surface area (Å²) >= 11 is 1.86. The molecule has 0 radical (unpaired) electrons. The van der Waals surface area contributed by atoms with Gasteiger partial charge in [-0.3, -0.25) is 0 Å². The summed E-state index contributed by atoms with van der Waals surface area (Å²) in [5.41, 5.74) is 1.27. The van der Waals surface area contributed by atoms with E-state index in [1.807, 2.05) is 11.3 Å². The summed E-state index contributed by atoms with van der Waals surface area (Å²) in [5, 5.41) is 4.69.